The Morgan fingerprint density at radius 2 is 1.82 bits per heavy atom. The zero-order chi connectivity index (χ0) is 15.9. The molecule has 2 N–H and O–H groups in total. The maximum atomic E-state index is 12.9. The number of halogens is 2. The molecule has 0 unspecified atom stereocenters. The molecule has 0 aromatic heterocycles. The minimum atomic E-state index is -0.942. The molecule has 0 bridgehead atoms. The van der Waals surface area contributed by atoms with Crippen molar-refractivity contribution in [3.63, 3.8) is 0 Å². The molecule has 2 rings (SSSR count). The Kier molecular flexibility index (Phi) is 5.21. The maximum absolute atomic E-state index is 12.9. The lowest BCUT2D eigenvalue weighted by Crippen LogP contribution is -2.32. The van der Waals surface area contributed by atoms with Gasteiger partial charge in [-0.15, -0.1) is 0 Å². The van der Waals surface area contributed by atoms with E-state index >= 15 is 0 Å². The molecular formula is C15H11ClFN3O2. The fourth-order valence-corrected chi connectivity index (χ4v) is 1.65. The van der Waals surface area contributed by atoms with Gasteiger partial charge in [0.15, 0.2) is 0 Å². The van der Waals surface area contributed by atoms with Crippen LogP contribution in [-0.2, 0) is 9.59 Å². The van der Waals surface area contributed by atoms with E-state index in [1.807, 2.05) is 0 Å². The second-order valence-electron chi connectivity index (χ2n) is 4.22. The molecule has 2 amide bonds. The summed E-state index contributed by atoms with van der Waals surface area (Å²) in [4.78, 5) is 23.1. The lowest BCUT2D eigenvalue weighted by atomic mass is 10.2. The van der Waals surface area contributed by atoms with Crippen molar-refractivity contribution in [2.75, 3.05) is 5.32 Å². The van der Waals surface area contributed by atoms with Gasteiger partial charge in [-0.2, -0.15) is 5.10 Å². The molecule has 2 aromatic rings. The molecule has 0 heterocycles. The Labute approximate surface area is 130 Å². The van der Waals surface area contributed by atoms with E-state index in [0.29, 0.717) is 16.3 Å². The highest BCUT2D eigenvalue weighted by Crippen LogP contribution is 2.13. The van der Waals surface area contributed by atoms with E-state index in [2.05, 4.69) is 15.8 Å². The predicted molar refractivity (Wildman–Crippen MR) is 82.2 cm³/mol. The van der Waals surface area contributed by atoms with E-state index in [9.17, 15) is 14.0 Å². The van der Waals surface area contributed by atoms with Gasteiger partial charge in [-0.05, 0) is 42.0 Å². The van der Waals surface area contributed by atoms with Crippen LogP contribution in [0.5, 0.6) is 0 Å². The molecule has 0 saturated carbocycles. The average Bonchev–Trinajstić information content (AvgIpc) is 2.49. The van der Waals surface area contributed by atoms with Crippen LogP contribution in [0.25, 0.3) is 0 Å². The third kappa shape index (κ3) is 4.68. The number of anilines is 1. The third-order valence-corrected chi connectivity index (χ3v) is 2.79. The van der Waals surface area contributed by atoms with E-state index in [1.165, 1.54) is 24.4 Å². The Balaban J connectivity index is 1.89. The zero-order valence-electron chi connectivity index (χ0n) is 11.2. The summed E-state index contributed by atoms with van der Waals surface area (Å²) in [5.74, 6) is -2.24. The van der Waals surface area contributed by atoms with Gasteiger partial charge in [-0.3, -0.25) is 9.59 Å². The van der Waals surface area contributed by atoms with Crippen molar-refractivity contribution >= 4 is 35.3 Å². The van der Waals surface area contributed by atoms with Crippen LogP contribution < -0.4 is 10.7 Å². The van der Waals surface area contributed by atoms with Crippen molar-refractivity contribution in [3.8, 4) is 0 Å². The summed E-state index contributed by atoms with van der Waals surface area (Å²) in [6.07, 6.45) is 1.23. The number of rotatable bonds is 3. The van der Waals surface area contributed by atoms with Crippen LogP contribution >= 0.6 is 11.6 Å². The van der Waals surface area contributed by atoms with Gasteiger partial charge in [-0.1, -0.05) is 23.7 Å². The van der Waals surface area contributed by atoms with Crippen molar-refractivity contribution in [2.45, 2.75) is 0 Å². The van der Waals surface area contributed by atoms with E-state index in [-0.39, 0.29) is 0 Å². The number of carbonyl (C=O) groups is 2. The molecule has 22 heavy (non-hydrogen) atoms. The van der Waals surface area contributed by atoms with Crippen LogP contribution in [0.15, 0.2) is 53.6 Å². The number of hydrogen-bond donors (Lipinski definition) is 2. The molecule has 0 aliphatic rings. The Hall–Kier alpha value is -2.73. The second kappa shape index (κ2) is 7.33. The fourth-order valence-electron chi connectivity index (χ4n) is 1.52. The standard InChI is InChI=1S/C15H11ClFN3O2/c16-11-4-6-13(7-5-11)19-14(21)15(22)20-18-9-10-2-1-3-12(17)8-10/h1-9H,(H,19,21)(H,20,22)/b18-9-. The van der Waals surface area contributed by atoms with Crippen molar-refractivity contribution in [1.29, 1.82) is 0 Å². The molecule has 0 radical (unpaired) electrons. The lowest BCUT2D eigenvalue weighted by Gasteiger charge is -2.03. The number of amides is 2. The molecule has 0 fully saturated rings. The summed E-state index contributed by atoms with van der Waals surface area (Å²) >= 11 is 5.71. The highest BCUT2D eigenvalue weighted by molar-refractivity contribution is 6.39. The van der Waals surface area contributed by atoms with E-state index in [1.54, 1.807) is 30.3 Å². The first-order valence-corrected chi connectivity index (χ1v) is 6.58. The largest absolute Gasteiger partial charge is 0.329 e. The first-order valence-electron chi connectivity index (χ1n) is 6.20. The van der Waals surface area contributed by atoms with Gasteiger partial charge in [0.2, 0.25) is 0 Å². The Morgan fingerprint density at radius 1 is 1.09 bits per heavy atom. The van der Waals surface area contributed by atoms with Crippen LogP contribution in [0.1, 0.15) is 5.56 Å². The van der Waals surface area contributed by atoms with Crippen molar-refractivity contribution in [1.82, 2.24) is 5.43 Å². The van der Waals surface area contributed by atoms with Gasteiger partial charge < -0.3 is 5.32 Å². The van der Waals surface area contributed by atoms with Crippen LogP contribution in [0.4, 0.5) is 10.1 Å². The Bertz CT molecular complexity index is 717. The second-order valence-corrected chi connectivity index (χ2v) is 4.65. The normalized spacial score (nSPS) is 10.5. The summed E-state index contributed by atoms with van der Waals surface area (Å²) in [5.41, 5.74) is 2.94. The van der Waals surface area contributed by atoms with E-state index in [4.69, 9.17) is 11.6 Å². The molecule has 2 aromatic carbocycles. The van der Waals surface area contributed by atoms with Gasteiger partial charge in [0.05, 0.1) is 6.21 Å². The average molecular weight is 320 g/mol. The molecule has 0 spiro atoms. The number of hydrogen-bond acceptors (Lipinski definition) is 3. The van der Waals surface area contributed by atoms with Gasteiger partial charge in [0.25, 0.3) is 0 Å². The predicted octanol–water partition coefficient (Wildman–Crippen LogP) is 2.57. The molecule has 0 aliphatic heterocycles. The van der Waals surface area contributed by atoms with Crippen LogP contribution in [0, 0.1) is 5.82 Å². The summed E-state index contributed by atoms with van der Waals surface area (Å²) in [6.45, 7) is 0. The molecular weight excluding hydrogens is 309 g/mol. The van der Waals surface area contributed by atoms with Gasteiger partial charge in [0.1, 0.15) is 5.82 Å². The highest BCUT2D eigenvalue weighted by Gasteiger charge is 2.12. The summed E-state index contributed by atoms with van der Waals surface area (Å²) in [7, 11) is 0. The number of nitrogens with zero attached hydrogens (tertiary/aromatic N) is 1. The summed E-state index contributed by atoms with van der Waals surface area (Å²) in [6, 6.07) is 11.9. The van der Waals surface area contributed by atoms with E-state index in [0.717, 1.165) is 0 Å². The number of hydrazone groups is 1. The molecule has 112 valence electrons. The minimum absolute atomic E-state index is 0.421. The number of benzene rings is 2. The van der Waals surface area contributed by atoms with Gasteiger partial charge in [0, 0.05) is 10.7 Å². The molecule has 5 nitrogen and oxygen atoms in total. The van der Waals surface area contributed by atoms with Gasteiger partial charge in [-0.25, -0.2) is 9.82 Å². The van der Waals surface area contributed by atoms with Crippen LogP contribution in [-0.4, -0.2) is 18.0 Å². The summed E-state index contributed by atoms with van der Waals surface area (Å²) < 4.78 is 12.9. The smallest absolute Gasteiger partial charge is 0.318 e. The number of nitrogens with one attached hydrogen (secondary N) is 2. The zero-order valence-corrected chi connectivity index (χ0v) is 12.0. The molecule has 7 heteroatoms. The fraction of sp³-hybridized carbons (Fsp3) is 0. The lowest BCUT2D eigenvalue weighted by molar-refractivity contribution is -0.136. The van der Waals surface area contributed by atoms with Gasteiger partial charge >= 0.3 is 11.8 Å². The monoisotopic (exact) mass is 319 g/mol. The molecule has 0 saturated heterocycles. The van der Waals surface area contributed by atoms with E-state index < -0.39 is 17.6 Å². The quantitative estimate of drug-likeness (QED) is 0.518. The molecule has 0 aliphatic carbocycles. The maximum Gasteiger partial charge on any atom is 0.329 e. The number of carbonyl (C=O) groups excluding carboxylic acids is 2. The SMILES string of the molecule is O=C(N/N=C\c1cccc(F)c1)C(=O)Nc1ccc(Cl)cc1. The first kappa shape index (κ1) is 15.7. The molecule has 0 atom stereocenters. The Morgan fingerprint density at radius 3 is 2.50 bits per heavy atom. The van der Waals surface area contributed by atoms with Crippen molar-refractivity contribution in [3.05, 3.63) is 64.9 Å². The van der Waals surface area contributed by atoms with Crippen LogP contribution in [0.2, 0.25) is 5.02 Å². The third-order valence-electron chi connectivity index (χ3n) is 2.54. The summed E-state index contributed by atoms with van der Waals surface area (Å²) in [5, 5.41) is 6.49. The highest BCUT2D eigenvalue weighted by atomic mass is 35.5. The van der Waals surface area contributed by atoms with Crippen molar-refractivity contribution in [2.24, 2.45) is 5.10 Å². The topological polar surface area (TPSA) is 70.6 Å². The first-order chi connectivity index (χ1) is 10.5. The van der Waals surface area contributed by atoms with Crippen molar-refractivity contribution < 1.29 is 14.0 Å². The van der Waals surface area contributed by atoms with Crippen LogP contribution in [0.3, 0.4) is 0 Å². The minimum Gasteiger partial charge on any atom is -0.318 e.